The second-order valence-corrected chi connectivity index (χ2v) is 14.5. The van der Waals surface area contributed by atoms with Gasteiger partial charge in [0.2, 0.25) is 0 Å². The number of hydrogen-bond donors (Lipinski definition) is 0. The van der Waals surface area contributed by atoms with Crippen molar-refractivity contribution in [1.29, 1.82) is 0 Å². The van der Waals surface area contributed by atoms with E-state index in [0.717, 1.165) is 0 Å². The Bertz CT molecular complexity index is 1890. The molecule has 0 unspecified atom stereocenters. The lowest BCUT2D eigenvalue weighted by molar-refractivity contribution is -0.133. The van der Waals surface area contributed by atoms with Crippen LogP contribution in [0, 0.1) is 17.0 Å². The molecule has 4 aromatic rings. The lowest BCUT2D eigenvalue weighted by Crippen LogP contribution is -2.28. The monoisotopic (exact) mass is 724 g/mol. The highest BCUT2D eigenvalue weighted by Gasteiger charge is 2.54. The van der Waals surface area contributed by atoms with E-state index in [-0.39, 0.29) is 36.4 Å². The summed E-state index contributed by atoms with van der Waals surface area (Å²) in [5.74, 6) is -0.325. The van der Waals surface area contributed by atoms with Crippen LogP contribution < -0.4 is 14.2 Å². The van der Waals surface area contributed by atoms with E-state index in [0.29, 0.717) is 84.9 Å². The summed E-state index contributed by atoms with van der Waals surface area (Å²) in [5, 5.41) is 0.568. The van der Waals surface area contributed by atoms with Gasteiger partial charge in [0.1, 0.15) is 17.9 Å². The second-order valence-electron chi connectivity index (χ2n) is 12.5. The molecule has 0 bridgehead atoms. The Kier molecular flexibility index (Phi) is 12.6. The average molecular weight is 725 g/mol. The molecule has 272 valence electrons. The van der Waals surface area contributed by atoms with Gasteiger partial charge in [-0.3, -0.25) is 24.0 Å². The van der Waals surface area contributed by atoms with Crippen LogP contribution in [0.5, 0.6) is 23.0 Å². The van der Waals surface area contributed by atoms with Crippen molar-refractivity contribution in [1.82, 2.24) is 9.88 Å². The molecule has 5 rings (SSSR count). The summed E-state index contributed by atoms with van der Waals surface area (Å²) in [4.78, 5) is 32.6. The summed E-state index contributed by atoms with van der Waals surface area (Å²) in [5.41, 5.74) is 0.534. The number of fused-ring (bicyclic) bond motifs is 1. The molecule has 13 heteroatoms. The zero-order chi connectivity index (χ0) is 36.6. The zero-order valence-electron chi connectivity index (χ0n) is 29.3. The molecule has 0 radical (unpaired) electrons. The fraction of sp³-hybridized carbons (Fsp3) is 0.395. The van der Waals surface area contributed by atoms with Gasteiger partial charge in [-0.1, -0.05) is 18.2 Å². The summed E-state index contributed by atoms with van der Waals surface area (Å²) in [6.45, 7) is 5.09. The van der Waals surface area contributed by atoms with Crippen LogP contribution in [0.4, 0.5) is 8.78 Å². The van der Waals surface area contributed by atoms with Crippen LogP contribution in [-0.2, 0) is 36.0 Å². The van der Waals surface area contributed by atoms with Crippen LogP contribution in [0.25, 0.3) is 10.9 Å². The number of nitrogens with zero attached hydrogens (tertiary/aromatic N) is 2. The van der Waals surface area contributed by atoms with E-state index in [2.05, 4.69) is 4.98 Å². The van der Waals surface area contributed by atoms with Gasteiger partial charge in [-0.05, 0) is 87.7 Å². The maximum absolute atomic E-state index is 15.4. The average Bonchev–Trinajstić information content (AvgIpc) is 3.91. The Labute approximate surface area is 296 Å². The number of pyridine rings is 1. The number of carbonyl (C=O) groups excluding carboxylic acids is 2. The number of halogens is 2. The van der Waals surface area contributed by atoms with Gasteiger partial charge in [-0.2, -0.15) is 0 Å². The SMILES string of the molecule is CCOP(=O)(CN(C)CCCOc1cc2nccc(Oc3ccc(CC(=O)C4(C(=O)Cc5ccc(F)cc5)CC4)cc3F)c2cc1OC)OCC. The van der Waals surface area contributed by atoms with Crippen molar-refractivity contribution in [3.05, 3.63) is 89.6 Å². The second kappa shape index (κ2) is 16.9. The van der Waals surface area contributed by atoms with E-state index in [1.165, 1.54) is 43.5 Å². The molecule has 1 aromatic heterocycles. The lowest BCUT2D eigenvalue weighted by atomic mass is 9.88. The molecule has 10 nitrogen and oxygen atoms in total. The molecule has 0 aliphatic heterocycles. The van der Waals surface area contributed by atoms with Crippen LogP contribution >= 0.6 is 7.60 Å². The van der Waals surface area contributed by atoms with Crippen LogP contribution in [-0.4, -0.2) is 68.3 Å². The highest BCUT2D eigenvalue weighted by atomic mass is 31.2. The fourth-order valence-corrected chi connectivity index (χ4v) is 7.65. The Morgan fingerprint density at radius 3 is 2.16 bits per heavy atom. The molecule has 1 fully saturated rings. The number of Topliss-reactive ketones (excluding diaryl/α,β-unsaturated/α-hetero) is 2. The number of benzene rings is 3. The van der Waals surface area contributed by atoms with E-state index >= 15 is 4.39 Å². The molecule has 0 saturated heterocycles. The van der Waals surface area contributed by atoms with Crippen molar-refractivity contribution in [2.45, 2.75) is 46.0 Å². The first-order chi connectivity index (χ1) is 24.5. The predicted octanol–water partition coefficient (Wildman–Crippen LogP) is 7.94. The molecule has 1 aliphatic rings. The topological polar surface area (TPSA) is 113 Å². The summed E-state index contributed by atoms with van der Waals surface area (Å²) < 4.78 is 69.8. The summed E-state index contributed by atoms with van der Waals surface area (Å²) in [7, 11) is 0.160. The van der Waals surface area contributed by atoms with Crippen molar-refractivity contribution in [2.24, 2.45) is 5.41 Å². The summed E-state index contributed by atoms with van der Waals surface area (Å²) in [6.07, 6.45) is 3.19. The quantitative estimate of drug-likeness (QED) is 0.0506. The highest BCUT2D eigenvalue weighted by molar-refractivity contribution is 7.53. The van der Waals surface area contributed by atoms with E-state index in [9.17, 15) is 18.5 Å². The van der Waals surface area contributed by atoms with E-state index < -0.39 is 24.6 Å². The largest absolute Gasteiger partial charge is 0.493 e. The fourth-order valence-electron chi connectivity index (χ4n) is 5.89. The minimum Gasteiger partial charge on any atom is -0.493 e. The molecule has 0 amide bonds. The van der Waals surface area contributed by atoms with Gasteiger partial charge in [0.05, 0.1) is 37.9 Å². The van der Waals surface area contributed by atoms with Crippen LogP contribution in [0.3, 0.4) is 0 Å². The van der Waals surface area contributed by atoms with Crippen LogP contribution in [0.1, 0.15) is 44.2 Å². The lowest BCUT2D eigenvalue weighted by Gasteiger charge is -2.23. The first-order valence-corrected chi connectivity index (χ1v) is 18.7. The number of rotatable bonds is 20. The van der Waals surface area contributed by atoms with Crippen molar-refractivity contribution >= 4 is 30.1 Å². The van der Waals surface area contributed by atoms with Gasteiger partial charge in [0.15, 0.2) is 34.6 Å². The highest BCUT2D eigenvalue weighted by Crippen LogP contribution is 2.49. The van der Waals surface area contributed by atoms with Crippen LogP contribution in [0.2, 0.25) is 0 Å². The molecule has 0 spiro atoms. The molecule has 1 heterocycles. The molecule has 1 aliphatic carbocycles. The summed E-state index contributed by atoms with van der Waals surface area (Å²) >= 11 is 0. The third-order valence-corrected chi connectivity index (χ3v) is 10.8. The molecule has 3 aromatic carbocycles. The van der Waals surface area contributed by atoms with Crippen LogP contribution in [0.15, 0.2) is 66.9 Å². The predicted molar refractivity (Wildman–Crippen MR) is 189 cm³/mol. The molecular weight excluding hydrogens is 681 g/mol. The normalized spacial score (nSPS) is 13.7. The molecule has 0 N–H and O–H groups in total. The Balaban J connectivity index is 1.20. The minimum absolute atomic E-state index is 0.0405. The number of ketones is 2. The number of carbonyl (C=O) groups is 2. The van der Waals surface area contributed by atoms with Gasteiger partial charge in [0, 0.05) is 37.0 Å². The Morgan fingerprint density at radius 1 is 0.863 bits per heavy atom. The standard InChI is InChI=1S/C38H43F2N2O8P/c1-5-48-51(45,49-6-2)25-42(3)18-7-19-47-35-24-31-29(23-34(35)46-4)32(14-17-41-31)50-33-13-10-27(20-30(33)40)22-37(44)38(15-16-38)36(43)21-26-8-11-28(39)12-9-26/h8-14,17,20,23-24H,5-7,15-16,18-19,21-22,25H2,1-4H3. The van der Waals surface area contributed by atoms with Gasteiger partial charge in [-0.25, -0.2) is 8.78 Å². The van der Waals surface area contributed by atoms with Crippen molar-refractivity contribution in [3.63, 3.8) is 0 Å². The van der Waals surface area contributed by atoms with Gasteiger partial charge >= 0.3 is 7.60 Å². The number of methoxy groups -OCH3 is 1. The van der Waals surface area contributed by atoms with E-state index in [1.54, 1.807) is 44.3 Å². The first kappa shape index (κ1) is 38.0. The maximum Gasteiger partial charge on any atom is 0.344 e. The molecule has 51 heavy (non-hydrogen) atoms. The molecule has 0 atom stereocenters. The zero-order valence-corrected chi connectivity index (χ0v) is 30.2. The van der Waals surface area contributed by atoms with Gasteiger partial charge in [0.25, 0.3) is 0 Å². The number of ether oxygens (including phenoxy) is 3. The third-order valence-electron chi connectivity index (χ3n) is 8.67. The first-order valence-electron chi connectivity index (χ1n) is 16.9. The van der Waals surface area contributed by atoms with Gasteiger partial charge in [-0.15, -0.1) is 0 Å². The molecular formula is C38H43F2N2O8P. The van der Waals surface area contributed by atoms with E-state index in [1.807, 2.05) is 11.9 Å². The number of aromatic nitrogens is 1. The maximum atomic E-state index is 15.4. The number of hydrogen-bond acceptors (Lipinski definition) is 10. The van der Waals surface area contributed by atoms with E-state index in [4.69, 9.17) is 23.3 Å². The van der Waals surface area contributed by atoms with Crippen molar-refractivity contribution in [3.8, 4) is 23.0 Å². The van der Waals surface area contributed by atoms with Crippen molar-refractivity contribution < 1.29 is 46.2 Å². The Morgan fingerprint density at radius 2 is 1.53 bits per heavy atom. The third kappa shape index (κ3) is 9.56. The Hall–Kier alpha value is -4.22. The van der Waals surface area contributed by atoms with Crippen molar-refractivity contribution in [2.75, 3.05) is 46.8 Å². The summed E-state index contributed by atoms with van der Waals surface area (Å²) in [6, 6.07) is 15.0. The molecule has 1 saturated carbocycles. The smallest absolute Gasteiger partial charge is 0.344 e. The van der Waals surface area contributed by atoms with Gasteiger partial charge < -0.3 is 23.3 Å². The minimum atomic E-state index is -3.19.